The van der Waals surface area contributed by atoms with Crippen molar-refractivity contribution >= 4 is 0 Å². The second-order valence-corrected chi connectivity index (χ2v) is 1.80. The zero-order chi connectivity index (χ0) is 7.28. The Balaban J connectivity index is 3.38. The Hall–Kier alpha value is -0.800. The van der Waals surface area contributed by atoms with Gasteiger partial charge in [0.15, 0.2) is 0 Å². The highest BCUT2D eigenvalue weighted by atomic mass is 15.6. The van der Waals surface area contributed by atoms with Crippen molar-refractivity contribution in [3.63, 3.8) is 0 Å². The number of rotatable bonds is 4. The standard InChI is InChI=1S/C6H13N3/c1-3-4-5-6(2)9(7)8/h3H,1-2,4-5,7-8H2. The van der Waals surface area contributed by atoms with E-state index in [9.17, 15) is 0 Å². The molecular weight excluding hydrogens is 114 g/mol. The van der Waals surface area contributed by atoms with Crippen molar-refractivity contribution in [2.24, 2.45) is 11.7 Å². The van der Waals surface area contributed by atoms with Crippen molar-refractivity contribution in [1.29, 1.82) is 0 Å². The molecule has 0 spiro atoms. The van der Waals surface area contributed by atoms with Crippen LogP contribution in [-0.2, 0) is 0 Å². The topological polar surface area (TPSA) is 55.3 Å². The average molecular weight is 127 g/mol. The van der Waals surface area contributed by atoms with Gasteiger partial charge in [-0.05, 0) is 12.8 Å². The van der Waals surface area contributed by atoms with E-state index in [-0.39, 0.29) is 0 Å². The van der Waals surface area contributed by atoms with E-state index in [0.717, 1.165) is 23.7 Å². The summed E-state index contributed by atoms with van der Waals surface area (Å²) >= 11 is 0. The highest BCUT2D eigenvalue weighted by Gasteiger charge is 1.93. The van der Waals surface area contributed by atoms with Crippen LogP contribution in [0.1, 0.15) is 12.8 Å². The number of hydrogen-bond acceptors (Lipinski definition) is 3. The fourth-order valence-corrected chi connectivity index (χ4v) is 0.398. The molecule has 0 aliphatic heterocycles. The van der Waals surface area contributed by atoms with E-state index in [0.29, 0.717) is 0 Å². The lowest BCUT2D eigenvalue weighted by Gasteiger charge is -2.12. The molecule has 0 aromatic heterocycles. The Morgan fingerprint density at radius 2 is 2.11 bits per heavy atom. The van der Waals surface area contributed by atoms with Gasteiger partial charge in [-0.15, -0.1) is 6.58 Å². The summed E-state index contributed by atoms with van der Waals surface area (Å²) in [6, 6.07) is 0. The SMILES string of the molecule is C=CCCC(=C)N(N)N. The summed E-state index contributed by atoms with van der Waals surface area (Å²) in [6.45, 7) is 7.17. The minimum absolute atomic E-state index is 0.718. The Labute approximate surface area is 55.6 Å². The molecule has 0 aromatic carbocycles. The summed E-state index contributed by atoms with van der Waals surface area (Å²) in [7, 11) is 0. The van der Waals surface area contributed by atoms with E-state index in [4.69, 9.17) is 11.7 Å². The fraction of sp³-hybridized carbons (Fsp3) is 0.333. The van der Waals surface area contributed by atoms with Crippen LogP contribution in [-0.4, -0.2) is 5.12 Å². The first-order chi connectivity index (χ1) is 4.18. The van der Waals surface area contributed by atoms with Crippen molar-refractivity contribution in [2.75, 3.05) is 0 Å². The molecule has 9 heavy (non-hydrogen) atoms. The molecule has 0 rings (SSSR count). The van der Waals surface area contributed by atoms with Gasteiger partial charge in [-0.1, -0.05) is 12.7 Å². The van der Waals surface area contributed by atoms with E-state index in [1.165, 1.54) is 0 Å². The maximum absolute atomic E-state index is 5.15. The third-order valence-electron chi connectivity index (χ3n) is 1.00. The molecule has 0 aromatic rings. The van der Waals surface area contributed by atoms with Gasteiger partial charge in [0.25, 0.3) is 0 Å². The van der Waals surface area contributed by atoms with Crippen LogP contribution in [0, 0.1) is 0 Å². The van der Waals surface area contributed by atoms with Gasteiger partial charge in [0.2, 0.25) is 0 Å². The average Bonchev–Trinajstić information content (AvgIpc) is 1.82. The molecule has 4 N–H and O–H groups in total. The molecule has 3 nitrogen and oxygen atoms in total. The van der Waals surface area contributed by atoms with E-state index in [2.05, 4.69) is 13.2 Å². The van der Waals surface area contributed by atoms with Crippen LogP contribution in [0.25, 0.3) is 0 Å². The van der Waals surface area contributed by atoms with Crippen LogP contribution in [0.15, 0.2) is 24.9 Å². The highest BCUT2D eigenvalue weighted by Crippen LogP contribution is 2.00. The normalized spacial score (nSPS) is 8.67. The largest absolute Gasteiger partial charge is 0.252 e. The third kappa shape index (κ3) is 3.76. The van der Waals surface area contributed by atoms with Crippen LogP contribution >= 0.6 is 0 Å². The Morgan fingerprint density at radius 1 is 1.56 bits per heavy atom. The van der Waals surface area contributed by atoms with E-state index >= 15 is 0 Å². The predicted octanol–water partition coefficient (Wildman–Crippen LogP) is 0.516. The highest BCUT2D eigenvalue weighted by molar-refractivity contribution is 4.90. The first-order valence-corrected chi connectivity index (χ1v) is 2.76. The lowest BCUT2D eigenvalue weighted by molar-refractivity contribution is 0.363. The molecule has 0 saturated heterocycles. The monoisotopic (exact) mass is 127 g/mol. The summed E-state index contributed by atoms with van der Waals surface area (Å²) in [6.07, 6.45) is 3.44. The maximum Gasteiger partial charge on any atom is 0.0402 e. The molecule has 0 unspecified atom stereocenters. The van der Waals surface area contributed by atoms with Crippen LogP contribution in [0.2, 0.25) is 0 Å². The maximum atomic E-state index is 5.15. The quantitative estimate of drug-likeness (QED) is 0.329. The van der Waals surface area contributed by atoms with Crippen LogP contribution in [0.5, 0.6) is 0 Å². The van der Waals surface area contributed by atoms with Crippen LogP contribution in [0.4, 0.5) is 0 Å². The van der Waals surface area contributed by atoms with Crippen LogP contribution < -0.4 is 11.7 Å². The van der Waals surface area contributed by atoms with Crippen molar-refractivity contribution in [2.45, 2.75) is 12.8 Å². The summed E-state index contributed by atoms with van der Waals surface area (Å²) in [5.41, 5.74) is 0.718. The minimum Gasteiger partial charge on any atom is -0.252 e. The van der Waals surface area contributed by atoms with Gasteiger partial charge in [-0.3, -0.25) is 5.12 Å². The number of allylic oxidation sites excluding steroid dienone is 2. The molecule has 3 heteroatoms. The second-order valence-electron chi connectivity index (χ2n) is 1.80. The Kier molecular flexibility index (Phi) is 3.75. The van der Waals surface area contributed by atoms with Gasteiger partial charge < -0.3 is 0 Å². The summed E-state index contributed by atoms with van der Waals surface area (Å²) < 4.78 is 0. The lowest BCUT2D eigenvalue weighted by Crippen LogP contribution is -2.36. The summed E-state index contributed by atoms with van der Waals surface area (Å²) in [4.78, 5) is 0. The third-order valence-corrected chi connectivity index (χ3v) is 1.00. The van der Waals surface area contributed by atoms with E-state index in [1.54, 1.807) is 6.08 Å². The van der Waals surface area contributed by atoms with Crippen molar-refractivity contribution in [1.82, 2.24) is 5.12 Å². The predicted molar refractivity (Wildman–Crippen MR) is 38.8 cm³/mol. The molecule has 0 aliphatic rings. The Bertz CT molecular complexity index is 107. The van der Waals surface area contributed by atoms with Crippen molar-refractivity contribution < 1.29 is 0 Å². The number of hydrogen-bond donors (Lipinski definition) is 2. The van der Waals surface area contributed by atoms with Crippen LogP contribution in [0.3, 0.4) is 0 Å². The fourth-order valence-electron chi connectivity index (χ4n) is 0.398. The lowest BCUT2D eigenvalue weighted by atomic mass is 10.2. The van der Waals surface area contributed by atoms with Crippen molar-refractivity contribution in [3.05, 3.63) is 24.9 Å². The van der Waals surface area contributed by atoms with Gasteiger partial charge in [-0.25, -0.2) is 11.7 Å². The van der Waals surface area contributed by atoms with Crippen molar-refractivity contribution in [3.8, 4) is 0 Å². The summed E-state index contributed by atoms with van der Waals surface area (Å²) in [5, 5.41) is 1.03. The molecule has 0 saturated carbocycles. The van der Waals surface area contributed by atoms with E-state index in [1.807, 2.05) is 0 Å². The van der Waals surface area contributed by atoms with E-state index < -0.39 is 0 Å². The minimum atomic E-state index is 0.718. The molecular formula is C6H13N3. The molecule has 0 fully saturated rings. The summed E-state index contributed by atoms with van der Waals surface area (Å²) in [5.74, 6) is 10.3. The molecule has 0 aliphatic carbocycles. The zero-order valence-electron chi connectivity index (χ0n) is 5.51. The molecule has 0 radical (unpaired) electrons. The molecule has 52 valence electrons. The molecule has 0 atom stereocenters. The van der Waals surface area contributed by atoms with Gasteiger partial charge in [0.05, 0.1) is 0 Å². The molecule has 0 amide bonds. The van der Waals surface area contributed by atoms with Gasteiger partial charge >= 0.3 is 0 Å². The first-order valence-electron chi connectivity index (χ1n) is 2.76. The first kappa shape index (κ1) is 8.20. The smallest absolute Gasteiger partial charge is 0.0402 e. The second kappa shape index (κ2) is 4.12. The number of hydrazine groups is 2. The Morgan fingerprint density at radius 3 is 2.44 bits per heavy atom. The van der Waals surface area contributed by atoms with Gasteiger partial charge in [0.1, 0.15) is 0 Å². The molecule has 0 heterocycles. The number of nitrogens with zero attached hydrogens (tertiary/aromatic N) is 1. The van der Waals surface area contributed by atoms with Gasteiger partial charge in [-0.2, -0.15) is 0 Å². The number of nitrogens with two attached hydrogens (primary N) is 2. The zero-order valence-corrected chi connectivity index (χ0v) is 5.51. The van der Waals surface area contributed by atoms with Gasteiger partial charge in [0, 0.05) is 5.70 Å². The molecule has 0 bridgehead atoms.